The molecule has 0 fully saturated rings. The minimum absolute atomic E-state index is 0.257. The van der Waals surface area contributed by atoms with Crippen LogP contribution in [0.1, 0.15) is 4.88 Å². The zero-order valence-electron chi connectivity index (χ0n) is 4.58. The molecular weight excluding hydrogens is 195 g/mol. The van der Waals surface area contributed by atoms with E-state index >= 15 is 0 Å². The molecule has 3 nitrogen and oxygen atoms in total. The summed E-state index contributed by atoms with van der Waals surface area (Å²) in [7, 11) is 0. The summed E-state index contributed by atoms with van der Waals surface area (Å²) in [5.74, 6) is 0. The molecule has 0 saturated carbocycles. The number of thiazole rings is 1. The van der Waals surface area contributed by atoms with Gasteiger partial charge in [-0.05, 0) is 0 Å². The van der Waals surface area contributed by atoms with Gasteiger partial charge in [0.15, 0.2) is 9.62 Å². The number of rotatable bonds is 1. The Morgan fingerprint density at radius 3 is 2.70 bits per heavy atom. The van der Waals surface area contributed by atoms with E-state index in [1.807, 2.05) is 0 Å². The van der Waals surface area contributed by atoms with Crippen molar-refractivity contribution in [2.75, 3.05) is 0 Å². The SMILES string of the molecule is ON=Cc1sc(Cl)nc1Cl. The third kappa shape index (κ3) is 1.59. The molecular formula is C4H2Cl2N2OS. The largest absolute Gasteiger partial charge is 0.411 e. The van der Waals surface area contributed by atoms with Gasteiger partial charge in [-0.2, -0.15) is 0 Å². The van der Waals surface area contributed by atoms with Gasteiger partial charge in [0, 0.05) is 0 Å². The van der Waals surface area contributed by atoms with Crippen LogP contribution < -0.4 is 0 Å². The lowest BCUT2D eigenvalue weighted by Gasteiger charge is -1.78. The van der Waals surface area contributed by atoms with E-state index in [2.05, 4.69) is 10.1 Å². The van der Waals surface area contributed by atoms with Crippen molar-refractivity contribution < 1.29 is 5.21 Å². The first kappa shape index (κ1) is 7.78. The van der Waals surface area contributed by atoms with Crippen LogP contribution in [0.4, 0.5) is 0 Å². The fourth-order valence-corrected chi connectivity index (χ4v) is 1.64. The molecule has 0 atom stereocenters. The minimum Gasteiger partial charge on any atom is -0.411 e. The van der Waals surface area contributed by atoms with Crippen molar-refractivity contribution in [2.45, 2.75) is 0 Å². The summed E-state index contributed by atoms with van der Waals surface area (Å²) in [6.45, 7) is 0. The standard InChI is InChI=1S/C4H2Cl2N2OS/c5-3-2(1-7-9)10-4(6)8-3/h1,9H. The monoisotopic (exact) mass is 196 g/mol. The van der Waals surface area contributed by atoms with Crippen molar-refractivity contribution in [1.29, 1.82) is 0 Å². The van der Waals surface area contributed by atoms with Gasteiger partial charge in [-0.3, -0.25) is 0 Å². The highest BCUT2D eigenvalue weighted by atomic mass is 35.5. The lowest BCUT2D eigenvalue weighted by molar-refractivity contribution is 0.322. The van der Waals surface area contributed by atoms with Crippen LogP contribution in [0.3, 0.4) is 0 Å². The molecule has 0 aromatic carbocycles. The Hall–Kier alpha value is -0.320. The van der Waals surface area contributed by atoms with E-state index in [1.165, 1.54) is 6.21 Å². The average molecular weight is 197 g/mol. The van der Waals surface area contributed by atoms with Crippen LogP contribution in [0.2, 0.25) is 9.62 Å². The van der Waals surface area contributed by atoms with Crippen molar-refractivity contribution in [2.24, 2.45) is 5.16 Å². The van der Waals surface area contributed by atoms with Gasteiger partial charge in [0.2, 0.25) is 0 Å². The summed E-state index contributed by atoms with van der Waals surface area (Å²) in [5, 5.41) is 11.1. The van der Waals surface area contributed by atoms with Gasteiger partial charge in [-0.1, -0.05) is 39.7 Å². The Labute approximate surface area is 70.9 Å². The number of oxime groups is 1. The fraction of sp³-hybridized carbons (Fsp3) is 0. The Balaban J connectivity index is 3.03. The number of halogens is 2. The molecule has 1 heterocycles. The van der Waals surface area contributed by atoms with E-state index in [-0.39, 0.29) is 5.15 Å². The highest BCUT2D eigenvalue weighted by molar-refractivity contribution is 7.17. The van der Waals surface area contributed by atoms with Crippen LogP contribution >= 0.6 is 34.5 Å². The Morgan fingerprint density at radius 1 is 1.60 bits per heavy atom. The summed E-state index contributed by atoms with van der Waals surface area (Å²) < 4.78 is 0.333. The normalized spacial score (nSPS) is 11.0. The molecule has 0 aliphatic rings. The quantitative estimate of drug-likeness (QED) is 0.426. The molecule has 1 aromatic heterocycles. The summed E-state index contributed by atoms with van der Waals surface area (Å²) in [6, 6.07) is 0. The van der Waals surface area contributed by atoms with E-state index in [0.717, 1.165) is 11.3 Å². The fourth-order valence-electron chi connectivity index (χ4n) is 0.420. The van der Waals surface area contributed by atoms with Crippen LogP contribution in [0, 0.1) is 0 Å². The first-order chi connectivity index (χ1) is 4.74. The highest BCUT2D eigenvalue weighted by Crippen LogP contribution is 2.24. The van der Waals surface area contributed by atoms with Crippen LogP contribution in [-0.2, 0) is 0 Å². The van der Waals surface area contributed by atoms with Gasteiger partial charge < -0.3 is 5.21 Å². The Kier molecular flexibility index (Phi) is 2.48. The van der Waals surface area contributed by atoms with Crippen LogP contribution in [0.25, 0.3) is 0 Å². The van der Waals surface area contributed by atoms with Crippen molar-refractivity contribution in [3.8, 4) is 0 Å². The Morgan fingerprint density at radius 2 is 2.30 bits per heavy atom. The second-order valence-corrected chi connectivity index (χ2v) is 3.34. The summed E-state index contributed by atoms with van der Waals surface area (Å²) in [5.41, 5.74) is 0. The zero-order valence-corrected chi connectivity index (χ0v) is 6.91. The summed E-state index contributed by atoms with van der Waals surface area (Å²) in [6.07, 6.45) is 1.19. The van der Waals surface area contributed by atoms with E-state index in [0.29, 0.717) is 9.34 Å². The third-order valence-electron chi connectivity index (χ3n) is 0.759. The minimum atomic E-state index is 0.257. The first-order valence-electron chi connectivity index (χ1n) is 2.23. The molecule has 0 bridgehead atoms. The lowest BCUT2D eigenvalue weighted by atomic mass is 10.6. The molecule has 0 saturated heterocycles. The van der Waals surface area contributed by atoms with E-state index < -0.39 is 0 Å². The highest BCUT2D eigenvalue weighted by Gasteiger charge is 2.04. The molecule has 0 unspecified atom stereocenters. The maximum absolute atomic E-state index is 8.10. The maximum atomic E-state index is 8.10. The van der Waals surface area contributed by atoms with Gasteiger partial charge >= 0.3 is 0 Å². The van der Waals surface area contributed by atoms with Crippen molar-refractivity contribution in [1.82, 2.24) is 4.98 Å². The number of hydrogen-bond donors (Lipinski definition) is 1. The molecule has 6 heteroatoms. The summed E-state index contributed by atoms with van der Waals surface area (Å²) >= 11 is 12.2. The molecule has 10 heavy (non-hydrogen) atoms. The molecule has 0 aliphatic heterocycles. The van der Waals surface area contributed by atoms with Crippen molar-refractivity contribution in [3.63, 3.8) is 0 Å². The van der Waals surface area contributed by atoms with E-state index in [4.69, 9.17) is 28.4 Å². The van der Waals surface area contributed by atoms with Crippen molar-refractivity contribution >= 4 is 40.8 Å². The molecule has 0 spiro atoms. The Bertz CT molecular complexity index is 260. The number of hydrogen-bond acceptors (Lipinski definition) is 4. The van der Waals surface area contributed by atoms with Gasteiger partial charge in [-0.15, -0.1) is 0 Å². The molecule has 0 amide bonds. The van der Waals surface area contributed by atoms with Gasteiger partial charge in [0.05, 0.1) is 11.1 Å². The second-order valence-electron chi connectivity index (χ2n) is 1.37. The topological polar surface area (TPSA) is 45.5 Å². The van der Waals surface area contributed by atoms with Crippen LogP contribution in [0.15, 0.2) is 5.16 Å². The lowest BCUT2D eigenvalue weighted by Crippen LogP contribution is -1.73. The predicted octanol–water partition coefficient (Wildman–Crippen LogP) is 2.26. The maximum Gasteiger partial charge on any atom is 0.185 e. The molecule has 0 radical (unpaired) electrons. The zero-order chi connectivity index (χ0) is 7.56. The first-order valence-corrected chi connectivity index (χ1v) is 3.80. The van der Waals surface area contributed by atoms with Gasteiger partial charge in [-0.25, -0.2) is 4.98 Å². The smallest absolute Gasteiger partial charge is 0.185 e. The van der Waals surface area contributed by atoms with E-state index in [1.54, 1.807) is 0 Å². The predicted molar refractivity (Wildman–Crippen MR) is 41.5 cm³/mol. The van der Waals surface area contributed by atoms with E-state index in [9.17, 15) is 0 Å². The molecule has 54 valence electrons. The third-order valence-corrected chi connectivity index (χ3v) is 2.25. The van der Waals surface area contributed by atoms with Crippen molar-refractivity contribution in [3.05, 3.63) is 14.5 Å². The number of aromatic nitrogens is 1. The van der Waals surface area contributed by atoms with Gasteiger partial charge in [0.25, 0.3) is 0 Å². The van der Waals surface area contributed by atoms with Crippen LogP contribution in [-0.4, -0.2) is 16.4 Å². The molecule has 1 aromatic rings. The average Bonchev–Trinajstić information content (AvgIpc) is 2.13. The molecule has 1 rings (SSSR count). The molecule has 1 N–H and O–H groups in total. The van der Waals surface area contributed by atoms with Crippen LogP contribution in [0.5, 0.6) is 0 Å². The van der Waals surface area contributed by atoms with Gasteiger partial charge in [0.1, 0.15) is 0 Å². The number of nitrogens with zero attached hydrogens (tertiary/aromatic N) is 2. The second kappa shape index (κ2) is 3.18. The molecule has 0 aliphatic carbocycles. The summed E-state index contributed by atoms with van der Waals surface area (Å²) in [4.78, 5) is 4.23.